The van der Waals surface area contributed by atoms with Crippen molar-refractivity contribution in [2.24, 2.45) is 0 Å². The molecule has 1 rings (SSSR count). The monoisotopic (exact) mass is 383 g/mol. The Hall–Kier alpha value is -1.84. The van der Waals surface area contributed by atoms with Gasteiger partial charge in [-0.3, -0.25) is 9.59 Å². The third kappa shape index (κ3) is 9.28. The van der Waals surface area contributed by atoms with Crippen LogP contribution in [0.4, 0.5) is 18.9 Å². The van der Waals surface area contributed by atoms with Gasteiger partial charge in [-0.15, -0.1) is 12.4 Å². The summed E-state index contributed by atoms with van der Waals surface area (Å²) < 4.78 is 41.2. The molecule has 0 saturated carbocycles. The summed E-state index contributed by atoms with van der Waals surface area (Å²) in [6.45, 7) is 1.31. The highest BCUT2D eigenvalue weighted by Crippen LogP contribution is 2.18. The van der Waals surface area contributed by atoms with Crippen molar-refractivity contribution < 1.29 is 27.5 Å². The molecule has 0 radical (unpaired) electrons. The van der Waals surface area contributed by atoms with Crippen LogP contribution in [0.5, 0.6) is 0 Å². The number of anilines is 1. The largest absolute Gasteiger partial charge is 0.405 e. The molecule has 1 aromatic rings. The standard InChI is InChI=1S/C15H20F3N3O3.ClH/c1-10-3-4-11(14(23)20-9-15(16,17)18)7-12(10)21-13(22)8-19-5-6-24-2;/h3-4,7,19H,5-6,8-9H2,1-2H3,(H,20,23)(H,21,22);1H. The van der Waals surface area contributed by atoms with E-state index in [4.69, 9.17) is 4.74 Å². The predicted molar refractivity (Wildman–Crippen MR) is 90.2 cm³/mol. The lowest BCUT2D eigenvalue weighted by molar-refractivity contribution is -0.123. The highest BCUT2D eigenvalue weighted by molar-refractivity contribution is 5.98. The first-order chi connectivity index (χ1) is 11.2. The summed E-state index contributed by atoms with van der Waals surface area (Å²) in [4.78, 5) is 23.5. The average Bonchev–Trinajstić information content (AvgIpc) is 2.50. The molecule has 0 aliphatic rings. The molecule has 0 aliphatic heterocycles. The second-order valence-electron chi connectivity index (χ2n) is 5.05. The van der Waals surface area contributed by atoms with Gasteiger partial charge in [0, 0.05) is 24.9 Å². The van der Waals surface area contributed by atoms with Crippen molar-refractivity contribution in [2.75, 3.05) is 38.7 Å². The van der Waals surface area contributed by atoms with Crippen molar-refractivity contribution >= 4 is 29.9 Å². The third-order valence-corrected chi connectivity index (χ3v) is 2.99. The highest BCUT2D eigenvalue weighted by Gasteiger charge is 2.28. The van der Waals surface area contributed by atoms with Crippen LogP contribution in [0.3, 0.4) is 0 Å². The predicted octanol–water partition coefficient (Wildman–Crippen LogP) is 1.88. The van der Waals surface area contributed by atoms with Crippen molar-refractivity contribution in [3.8, 4) is 0 Å². The Morgan fingerprint density at radius 2 is 1.92 bits per heavy atom. The van der Waals surface area contributed by atoms with Crippen molar-refractivity contribution in [1.82, 2.24) is 10.6 Å². The number of ether oxygens (including phenoxy) is 1. The van der Waals surface area contributed by atoms with Gasteiger partial charge in [0.1, 0.15) is 6.54 Å². The van der Waals surface area contributed by atoms with Gasteiger partial charge >= 0.3 is 6.18 Å². The molecule has 0 unspecified atom stereocenters. The van der Waals surface area contributed by atoms with Gasteiger partial charge in [-0.25, -0.2) is 0 Å². The molecule has 0 aliphatic carbocycles. The number of alkyl halides is 3. The zero-order valence-corrected chi connectivity index (χ0v) is 14.6. The van der Waals surface area contributed by atoms with Crippen LogP contribution >= 0.6 is 12.4 Å². The number of carbonyl (C=O) groups is 2. The fraction of sp³-hybridized carbons (Fsp3) is 0.467. The Morgan fingerprint density at radius 3 is 2.52 bits per heavy atom. The van der Waals surface area contributed by atoms with E-state index in [1.54, 1.807) is 25.4 Å². The van der Waals surface area contributed by atoms with Crippen LogP contribution in [-0.2, 0) is 9.53 Å². The van der Waals surface area contributed by atoms with Crippen LogP contribution in [0, 0.1) is 6.92 Å². The Balaban J connectivity index is 0.00000576. The quantitative estimate of drug-likeness (QED) is 0.599. The summed E-state index contributed by atoms with van der Waals surface area (Å²) >= 11 is 0. The topological polar surface area (TPSA) is 79.5 Å². The first-order valence-electron chi connectivity index (χ1n) is 7.18. The van der Waals surface area contributed by atoms with Crippen LogP contribution in [0.25, 0.3) is 0 Å². The zero-order valence-electron chi connectivity index (χ0n) is 13.8. The lowest BCUT2D eigenvalue weighted by Gasteiger charge is -2.12. The Labute approximate surface area is 149 Å². The van der Waals surface area contributed by atoms with Gasteiger partial charge in [-0.05, 0) is 24.6 Å². The average molecular weight is 384 g/mol. The van der Waals surface area contributed by atoms with Crippen molar-refractivity contribution in [3.63, 3.8) is 0 Å². The van der Waals surface area contributed by atoms with E-state index in [2.05, 4.69) is 10.6 Å². The molecule has 0 heterocycles. The first-order valence-corrected chi connectivity index (χ1v) is 7.18. The van der Waals surface area contributed by atoms with E-state index in [1.807, 2.05) is 0 Å². The van der Waals surface area contributed by atoms with E-state index in [9.17, 15) is 22.8 Å². The Kier molecular flexibility index (Phi) is 10.1. The molecule has 2 amide bonds. The van der Waals surface area contributed by atoms with Crippen molar-refractivity contribution in [1.29, 1.82) is 0 Å². The minimum atomic E-state index is -4.48. The third-order valence-electron chi connectivity index (χ3n) is 2.99. The molecule has 142 valence electrons. The van der Waals surface area contributed by atoms with Crippen LogP contribution in [0.15, 0.2) is 18.2 Å². The van der Waals surface area contributed by atoms with Gasteiger partial charge < -0.3 is 20.7 Å². The number of hydrogen-bond donors (Lipinski definition) is 3. The summed E-state index contributed by atoms with van der Waals surface area (Å²) in [7, 11) is 1.54. The van der Waals surface area contributed by atoms with Gasteiger partial charge in [0.2, 0.25) is 5.91 Å². The maximum absolute atomic E-state index is 12.1. The number of nitrogens with one attached hydrogen (secondary N) is 3. The first kappa shape index (κ1) is 23.2. The molecular weight excluding hydrogens is 363 g/mol. The molecule has 6 nitrogen and oxygen atoms in total. The van der Waals surface area contributed by atoms with E-state index in [0.29, 0.717) is 24.4 Å². The minimum Gasteiger partial charge on any atom is -0.383 e. The fourth-order valence-corrected chi connectivity index (χ4v) is 1.75. The van der Waals surface area contributed by atoms with Gasteiger partial charge in [0.25, 0.3) is 5.91 Å². The van der Waals surface area contributed by atoms with E-state index >= 15 is 0 Å². The molecule has 1 aromatic carbocycles. The number of methoxy groups -OCH3 is 1. The number of aryl methyl sites for hydroxylation is 1. The van der Waals surface area contributed by atoms with Gasteiger partial charge in [-0.1, -0.05) is 6.07 Å². The van der Waals surface area contributed by atoms with Crippen molar-refractivity contribution in [3.05, 3.63) is 29.3 Å². The molecule has 0 spiro atoms. The Morgan fingerprint density at radius 1 is 1.24 bits per heavy atom. The summed E-state index contributed by atoms with van der Waals surface area (Å²) in [5, 5.41) is 7.25. The van der Waals surface area contributed by atoms with Gasteiger partial charge in [-0.2, -0.15) is 13.2 Å². The number of carbonyl (C=O) groups excluding carboxylic acids is 2. The molecule has 25 heavy (non-hydrogen) atoms. The number of rotatable bonds is 8. The molecular formula is C15H21ClF3N3O3. The fourth-order valence-electron chi connectivity index (χ4n) is 1.75. The van der Waals surface area contributed by atoms with Crippen molar-refractivity contribution in [2.45, 2.75) is 13.1 Å². The second kappa shape index (κ2) is 10.9. The molecule has 0 saturated heterocycles. The van der Waals surface area contributed by atoms with E-state index < -0.39 is 18.6 Å². The maximum atomic E-state index is 12.1. The number of hydrogen-bond acceptors (Lipinski definition) is 4. The number of amides is 2. The maximum Gasteiger partial charge on any atom is 0.405 e. The van der Waals surface area contributed by atoms with E-state index in [-0.39, 0.29) is 30.4 Å². The van der Waals surface area contributed by atoms with Gasteiger partial charge in [0.05, 0.1) is 13.2 Å². The number of benzene rings is 1. The second-order valence-corrected chi connectivity index (χ2v) is 5.05. The highest BCUT2D eigenvalue weighted by atomic mass is 35.5. The van der Waals surface area contributed by atoms with Gasteiger partial charge in [0.15, 0.2) is 0 Å². The molecule has 3 N–H and O–H groups in total. The lowest BCUT2D eigenvalue weighted by atomic mass is 10.1. The normalized spacial score (nSPS) is 10.8. The van der Waals surface area contributed by atoms with Crippen LogP contribution in [0.2, 0.25) is 0 Å². The Bertz CT molecular complexity index is 583. The van der Waals surface area contributed by atoms with E-state index in [1.165, 1.54) is 12.1 Å². The summed E-state index contributed by atoms with van der Waals surface area (Å²) in [5.74, 6) is -1.19. The van der Waals surface area contributed by atoms with E-state index in [0.717, 1.165) is 0 Å². The SMILES string of the molecule is COCCNCC(=O)Nc1cc(C(=O)NCC(F)(F)F)ccc1C.Cl. The molecule has 0 bridgehead atoms. The van der Waals surface area contributed by atoms with Crippen LogP contribution in [-0.4, -0.2) is 51.3 Å². The smallest absolute Gasteiger partial charge is 0.383 e. The molecule has 10 heteroatoms. The minimum absolute atomic E-state index is 0. The molecule has 0 fully saturated rings. The van der Waals surface area contributed by atoms with Crippen LogP contribution in [0.1, 0.15) is 15.9 Å². The summed E-state index contributed by atoms with van der Waals surface area (Å²) in [6, 6.07) is 4.29. The number of halogens is 4. The molecule has 0 aromatic heterocycles. The summed E-state index contributed by atoms with van der Waals surface area (Å²) in [5.41, 5.74) is 1.09. The molecule has 0 atom stereocenters. The van der Waals surface area contributed by atoms with Crippen LogP contribution < -0.4 is 16.0 Å². The zero-order chi connectivity index (χ0) is 18.2. The summed E-state index contributed by atoms with van der Waals surface area (Å²) in [6.07, 6.45) is -4.48. The lowest BCUT2D eigenvalue weighted by Crippen LogP contribution is -2.34.